The minimum absolute atomic E-state index is 0.0397. The van der Waals surface area contributed by atoms with Gasteiger partial charge in [-0.1, -0.05) is 66.2 Å². The molecule has 23 atom stereocenters. The molecule has 45 nitrogen and oxygen atoms in total. The third-order valence-electron chi connectivity index (χ3n) is 19.1. The molecule has 6 heterocycles. The van der Waals surface area contributed by atoms with Crippen molar-refractivity contribution in [3.05, 3.63) is 18.3 Å². The smallest absolute Gasteiger partial charge is 0.394 e. The number of ether oxygens (including phenoxy) is 10. The number of amides is 1. The molecule has 4 aliphatic rings. The summed E-state index contributed by atoms with van der Waals surface area (Å²) in [6.07, 6.45) is -9.14. The Morgan fingerprint density at radius 2 is 0.856 bits per heavy atom. The lowest BCUT2D eigenvalue weighted by molar-refractivity contribution is -0.282. The lowest BCUT2D eigenvalue weighted by Gasteiger charge is -2.42. The standard InChI is InChI=1S/C66H122N5O40P5.C2H6/c1-44-56(76)58(78)49(34-72)108-63(44)96-24-12-6-9-15-27-99-113(84,85)102-30-18-21-93-38-66(39-94-22-19-31-103-114(86,87)100-28-16-10-7-13-25-97-64-45(2)57(77)59(79)50(35-73)109-64,41-106-116(90,91)105-37-52-48(111-112(82,83)92-5)33-53(107-52)71-43-69-54-46(3)67-42-68-62(54)71)40-95-23-20-32-104-115(88,89)101-29-17-11-8-14-26-98-65-55(70-47(4)75)61(81)60(80)51(36-74)110-65;1-2/h42-45,48-53,55-61,63-65,72-74,76-81H,6-41H2,1-5H3,(H,70,75)(H,82,83)(H,84,85)(H,86,87)(H,88,89)(H,90,91);1-2H3/t44?,45?,48?,49?,50?,51?,52-,53-,55?,56-,57-,58+,59+,60+,61-,63-,64-,65-,66?;/m1./s1. The molecule has 50 heteroatoms. The van der Waals surface area contributed by atoms with Gasteiger partial charge in [0.05, 0.1) is 122 Å². The van der Waals surface area contributed by atoms with Gasteiger partial charge in [-0.05, 0) is 64.7 Å². The Labute approximate surface area is 686 Å². The molecule has 0 aromatic carbocycles. The van der Waals surface area contributed by atoms with E-state index in [-0.39, 0.29) is 98.4 Å². The number of unbranched alkanes of at least 4 members (excludes halogenated alkanes) is 9. The molecule has 690 valence electrons. The number of phosphoric acid groups is 5. The topological polar surface area (TPSA) is 626 Å². The van der Waals surface area contributed by atoms with Crippen LogP contribution in [-0.2, 0) is 120 Å². The molecule has 12 unspecified atom stereocenters. The zero-order valence-corrected chi connectivity index (χ0v) is 72.4. The van der Waals surface area contributed by atoms with Gasteiger partial charge in [-0.25, -0.2) is 37.8 Å². The summed E-state index contributed by atoms with van der Waals surface area (Å²) in [6, 6.07) is -1.12. The lowest BCUT2D eigenvalue weighted by atomic mass is 9.92. The van der Waals surface area contributed by atoms with Crippen LogP contribution in [0.1, 0.15) is 149 Å². The number of nitrogens with zero attached hydrogens (tertiary/aromatic N) is 4. The van der Waals surface area contributed by atoms with Gasteiger partial charge in [0.1, 0.15) is 79.0 Å². The van der Waals surface area contributed by atoms with Gasteiger partial charge in [-0.3, -0.25) is 54.6 Å². The van der Waals surface area contributed by atoms with Crippen LogP contribution in [0.4, 0.5) is 0 Å². The molecule has 0 aliphatic carbocycles. The van der Waals surface area contributed by atoms with Crippen LogP contribution < -0.4 is 5.32 Å². The van der Waals surface area contributed by atoms with Crippen molar-refractivity contribution in [2.24, 2.45) is 17.3 Å². The summed E-state index contributed by atoms with van der Waals surface area (Å²) >= 11 is 0. The van der Waals surface area contributed by atoms with Crippen molar-refractivity contribution in [3.63, 3.8) is 0 Å². The normalized spacial score (nSPS) is 29.4. The van der Waals surface area contributed by atoms with Gasteiger partial charge in [0.2, 0.25) is 5.91 Å². The number of carbonyl (C=O) groups excluding carboxylic acids is 1. The van der Waals surface area contributed by atoms with E-state index in [0.717, 1.165) is 7.11 Å². The maximum absolute atomic E-state index is 14.1. The summed E-state index contributed by atoms with van der Waals surface area (Å²) in [5.74, 6) is -1.64. The first-order chi connectivity index (χ1) is 56.1. The van der Waals surface area contributed by atoms with Gasteiger partial charge >= 0.3 is 39.1 Å². The number of phosphoric ester groups is 5. The molecule has 0 spiro atoms. The summed E-state index contributed by atoms with van der Waals surface area (Å²) < 4.78 is 178. The number of hydrogen-bond acceptors (Lipinski definition) is 38. The highest BCUT2D eigenvalue weighted by atomic mass is 31.2. The van der Waals surface area contributed by atoms with E-state index >= 15 is 0 Å². The number of aliphatic hydroxyl groups is 9. The molecule has 0 radical (unpaired) electrons. The minimum atomic E-state index is -5.25. The van der Waals surface area contributed by atoms with Crippen LogP contribution in [-0.4, -0.2) is 327 Å². The van der Waals surface area contributed by atoms with E-state index in [4.69, 9.17) is 88.1 Å². The largest absolute Gasteiger partial charge is 0.472 e. The quantitative estimate of drug-likeness (QED) is 0.0334. The van der Waals surface area contributed by atoms with Crippen molar-refractivity contribution in [2.75, 3.05) is 139 Å². The molecule has 4 fully saturated rings. The molecule has 2 aromatic heterocycles. The van der Waals surface area contributed by atoms with Crippen LogP contribution in [0.15, 0.2) is 12.7 Å². The zero-order chi connectivity index (χ0) is 87.1. The lowest BCUT2D eigenvalue weighted by Crippen LogP contribution is -2.64. The maximum atomic E-state index is 14.1. The average Bonchev–Trinajstić information content (AvgIpc) is 1.62. The molecule has 118 heavy (non-hydrogen) atoms. The van der Waals surface area contributed by atoms with Crippen molar-refractivity contribution >= 4 is 56.2 Å². The van der Waals surface area contributed by atoms with Crippen LogP contribution in [0.3, 0.4) is 0 Å². The van der Waals surface area contributed by atoms with E-state index in [1.165, 1.54) is 24.1 Å². The summed E-state index contributed by atoms with van der Waals surface area (Å²) in [5.41, 5.74) is -0.342. The predicted octanol–water partition coefficient (Wildman–Crippen LogP) is 3.15. The van der Waals surface area contributed by atoms with Crippen molar-refractivity contribution in [3.8, 4) is 0 Å². The van der Waals surface area contributed by atoms with E-state index in [2.05, 4.69) is 24.8 Å². The van der Waals surface area contributed by atoms with E-state index in [1.54, 1.807) is 20.8 Å². The molecule has 15 N–H and O–H groups in total. The molecule has 4 aliphatic heterocycles. The highest BCUT2D eigenvalue weighted by Crippen LogP contribution is 2.51. The second-order valence-electron chi connectivity index (χ2n) is 28.5. The van der Waals surface area contributed by atoms with Crippen LogP contribution in [0.5, 0.6) is 0 Å². The number of nitrogens with one attached hydrogen (secondary N) is 1. The van der Waals surface area contributed by atoms with Crippen molar-refractivity contribution < 1.29 is 191 Å². The van der Waals surface area contributed by atoms with Crippen LogP contribution in [0.2, 0.25) is 0 Å². The van der Waals surface area contributed by atoms with E-state index in [0.29, 0.717) is 93.9 Å². The summed E-state index contributed by atoms with van der Waals surface area (Å²) in [5, 5.41) is 92.8. The Kier molecular flexibility index (Phi) is 49.3. The number of aryl methyl sites for hydroxylation is 1. The zero-order valence-electron chi connectivity index (χ0n) is 67.9. The van der Waals surface area contributed by atoms with Crippen LogP contribution in [0.25, 0.3) is 11.2 Å². The summed E-state index contributed by atoms with van der Waals surface area (Å²) in [4.78, 5) is 77.9. The summed E-state index contributed by atoms with van der Waals surface area (Å²) in [7, 11) is -22.9. The van der Waals surface area contributed by atoms with Gasteiger partial charge in [-0.15, -0.1) is 0 Å². The number of aliphatic hydroxyl groups excluding tert-OH is 9. The third-order valence-corrected chi connectivity index (χ3v) is 24.1. The Morgan fingerprint density at radius 3 is 1.26 bits per heavy atom. The number of hydrogen-bond donors (Lipinski definition) is 15. The highest BCUT2D eigenvalue weighted by molar-refractivity contribution is 7.48. The first-order valence-electron chi connectivity index (χ1n) is 39.7. The van der Waals surface area contributed by atoms with Gasteiger partial charge < -0.3 is 123 Å². The number of carbonyl (C=O) groups is 1. The van der Waals surface area contributed by atoms with Gasteiger partial charge in [0, 0.05) is 71.9 Å². The van der Waals surface area contributed by atoms with Crippen molar-refractivity contribution in [1.29, 1.82) is 0 Å². The molecule has 6 rings (SSSR count). The van der Waals surface area contributed by atoms with Gasteiger partial charge in [0.25, 0.3) is 0 Å². The van der Waals surface area contributed by atoms with E-state index < -0.39 is 220 Å². The van der Waals surface area contributed by atoms with Gasteiger partial charge in [0.15, 0.2) is 24.5 Å². The Morgan fingerprint density at radius 1 is 0.475 bits per heavy atom. The fraction of sp³-hybridized carbons (Fsp3) is 0.912. The Bertz CT molecular complexity index is 3280. The Hall–Kier alpha value is -2.19. The number of imidazole rings is 1. The van der Waals surface area contributed by atoms with E-state index in [1.807, 2.05) is 13.8 Å². The minimum Gasteiger partial charge on any atom is -0.394 e. The van der Waals surface area contributed by atoms with Crippen molar-refractivity contribution in [2.45, 2.75) is 243 Å². The maximum Gasteiger partial charge on any atom is 0.472 e. The molecule has 0 bridgehead atoms. The monoisotopic (exact) mass is 1810 g/mol. The predicted molar refractivity (Wildman–Crippen MR) is 410 cm³/mol. The second kappa shape index (κ2) is 54.7. The fourth-order valence-corrected chi connectivity index (χ4v) is 16.3. The molecule has 4 saturated heterocycles. The van der Waals surface area contributed by atoms with Crippen LogP contribution >= 0.6 is 39.1 Å². The highest BCUT2D eigenvalue weighted by Gasteiger charge is 2.48. The second-order valence-corrected chi connectivity index (χ2v) is 35.9. The summed E-state index contributed by atoms with van der Waals surface area (Å²) in [6.45, 7) is 3.97. The fourth-order valence-electron chi connectivity index (χ4n) is 12.4. The molecule has 2 aromatic rings. The molecular weight excluding hydrogens is 1680 g/mol. The molecule has 0 saturated carbocycles. The number of rotatable bonds is 62. The number of aromatic nitrogens is 4. The SMILES string of the molecule is CC.COP(=O)(O)OC1C[C@H](n2cnc3c(C)ncnc32)O[C@@H]1COP(=O)(O)OCC(COCCCOP(=O)(O)OCCCCCCO[C@@H]1OC(CO)[C@H](O)[C@H](O)C1C)(COCCCOP(=O)(O)OCCCCCCO[C@@H]1OC(CO)[C@H](O)[C@H](O)C1C)COCCCOP(=O)(O)OCCCCCCO[C@@H]1OC(CO)[C@H](O)[C@H](O)C1NC(C)=O. The van der Waals surface area contributed by atoms with E-state index in [9.17, 15) is 98.0 Å². The molecular formula is C68H128N5O40P5. The van der Waals surface area contributed by atoms with Crippen molar-refractivity contribution in [1.82, 2.24) is 24.8 Å². The average molecular weight is 1810 g/mol. The number of fused-ring (bicyclic) bond motifs is 1. The first kappa shape index (κ1) is 106. The third kappa shape index (κ3) is 37.4. The molecule has 1 amide bonds. The van der Waals surface area contributed by atoms with Crippen LogP contribution in [0, 0.1) is 24.2 Å². The van der Waals surface area contributed by atoms with Gasteiger partial charge in [-0.2, -0.15) is 0 Å². The Balaban J connectivity index is 0.0000123. The first-order valence-corrected chi connectivity index (χ1v) is 47.1.